The summed E-state index contributed by atoms with van der Waals surface area (Å²) >= 11 is 0. The predicted octanol–water partition coefficient (Wildman–Crippen LogP) is 1.69. The molecule has 1 saturated heterocycles. The quantitative estimate of drug-likeness (QED) is 0.847. The van der Waals surface area contributed by atoms with E-state index >= 15 is 0 Å². The van der Waals surface area contributed by atoms with Crippen LogP contribution in [0.2, 0.25) is 0 Å². The molecule has 1 atom stereocenters. The summed E-state index contributed by atoms with van der Waals surface area (Å²) in [5.74, 6) is -0.0712. The molecule has 114 valence electrons. The van der Waals surface area contributed by atoms with Gasteiger partial charge in [0.2, 0.25) is 11.8 Å². The van der Waals surface area contributed by atoms with Crippen molar-refractivity contribution in [3.8, 4) is 0 Å². The summed E-state index contributed by atoms with van der Waals surface area (Å²) in [7, 11) is 1.79. The maximum atomic E-state index is 12.7. The van der Waals surface area contributed by atoms with Gasteiger partial charge in [0.25, 0.3) is 0 Å². The highest BCUT2D eigenvalue weighted by atomic mass is 16.2. The number of hydrogen-bond acceptors (Lipinski definition) is 3. The molecular formula is C16H23N3O2. The number of carbonyl (C=O) groups excluding carboxylic acids is 2. The van der Waals surface area contributed by atoms with Gasteiger partial charge in [-0.1, -0.05) is 6.07 Å². The third-order valence-corrected chi connectivity index (χ3v) is 3.97. The normalized spacial score (nSPS) is 19.0. The Kier molecular flexibility index (Phi) is 4.94. The van der Waals surface area contributed by atoms with Crippen molar-refractivity contribution in [1.82, 2.24) is 14.8 Å². The average molecular weight is 289 g/mol. The molecule has 21 heavy (non-hydrogen) atoms. The van der Waals surface area contributed by atoms with Gasteiger partial charge in [0.1, 0.15) is 0 Å². The summed E-state index contributed by atoms with van der Waals surface area (Å²) in [4.78, 5) is 32.3. The van der Waals surface area contributed by atoms with Gasteiger partial charge in [-0.3, -0.25) is 14.6 Å². The number of amides is 2. The molecule has 2 amide bonds. The molecule has 0 radical (unpaired) electrons. The Morgan fingerprint density at radius 3 is 2.81 bits per heavy atom. The van der Waals surface area contributed by atoms with Gasteiger partial charge < -0.3 is 9.80 Å². The fraction of sp³-hybridized carbons (Fsp3) is 0.562. The van der Waals surface area contributed by atoms with Gasteiger partial charge in [-0.05, 0) is 32.4 Å². The van der Waals surface area contributed by atoms with E-state index in [2.05, 4.69) is 4.98 Å². The number of nitrogens with zero attached hydrogens (tertiary/aromatic N) is 3. The molecule has 5 nitrogen and oxygen atoms in total. The number of aromatic nitrogens is 1. The van der Waals surface area contributed by atoms with Crippen LogP contribution >= 0.6 is 0 Å². The Labute approximate surface area is 126 Å². The highest BCUT2D eigenvalue weighted by molar-refractivity contribution is 5.87. The third kappa shape index (κ3) is 3.80. The van der Waals surface area contributed by atoms with Crippen LogP contribution in [-0.2, 0) is 16.1 Å². The van der Waals surface area contributed by atoms with E-state index in [1.165, 1.54) is 0 Å². The fourth-order valence-electron chi connectivity index (χ4n) is 2.57. The topological polar surface area (TPSA) is 53.5 Å². The first-order valence-corrected chi connectivity index (χ1v) is 7.43. The lowest BCUT2D eigenvalue weighted by Gasteiger charge is -2.34. The van der Waals surface area contributed by atoms with Crippen molar-refractivity contribution in [2.75, 3.05) is 13.6 Å². The predicted molar refractivity (Wildman–Crippen MR) is 80.3 cm³/mol. The summed E-state index contributed by atoms with van der Waals surface area (Å²) in [5, 5.41) is 0. The second-order valence-electron chi connectivity index (χ2n) is 5.89. The van der Waals surface area contributed by atoms with Crippen molar-refractivity contribution in [3.63, 3.8) is 0 Å². The number of rotatable bonds is 4. The van der Waals surface area contributed by atoms with Gasteiger partial charge in [-0.15, -0.1) is 0 Å². The number of pyridine rings is 1. The molecule has 1 fully saturated rings. The van der Waals surface area contributed by atoms with Gasteiger partial charge in [-0.25, -0.2) is 0 Å². The molecule has 1 aliphatic heterocycles. The zero-order valence-corrected chi connectivity index (χ0v) is 13.0. The number of hydrogen-bond donors (Lipinski definition) is 0. The second-order valence-corrected chi connectivity index (χ2v) is 5.89. The lowest BCUT2D eigenvalue weighted by atomic mass is 9.94. The van der Waals surface area contributed by atoms with E-state index in [-0.39, 0.29) is 23.8 Å². The van der Waals surface area contributed by atoms with Crippen LogP contribution in [0.3, 0.4) is 0 Å². The molecule has 0 saturated carbocycles. The molecule has 1 aromatic rings. The molecule has 0 spiro atoms. The van der Waals surface area contributed by atoms with E-state index in [9.17, 15) is 9.59 Å². The highest BCUT2D eigenvalue weighted by Crippen LogP contribution is 2.22. The van der Waals surface area contributed by atoms with E-state index < -0.39 is 0 Å². The average Bonchev–Trinajstić information content (AvgIpc) is 2.47. The number of likely N-dealkylation sites (tertiary alicyclic amines) is 1. The van der Waals surface area contributed by atoms with E-state index in [1.807, 2.05) is 36.9 Å². The minimum Gasteiger partial charge on any atom is -0.346 e. The second kappa shape index (κ2) is 6.70. The van der Waals surface area contributed by atoms with Gasteiger partial charge in [0.05, 0.1) is 12.2 Å². The third-order valence-electron chi connectivity index (χ3n) is 3.97. The standard InChI is InChI=1S/C16H23N3O2/c1-12(2)19(11-14-6-4-5-8-17-14)16(21)13-7-9-18(3)15(20)10-13/h4-6,8,12-13H,7,9-11H2,1-3H3. The van der Waals surface area contributed by atoms with E-state index in [0.717, 1.165) is 12.1 Å². The van der Waals surface area contributed by atoms with Crippen molar-refractivity contribution in [2.24, 2.45) is 5.92 Å². The lowest BCUT2D eigenvalue weighted by Crippen LogP contribution is -2.45. The molecule has 2 rings (SSSR count). The molecule has 0 bridgehead atoms. The fourth-order valence-corrected chi connectivity index (χ4v) is 2.57. The molecule has 0 N–H and O–H groups in total. The van der Waals surface area contributed by atoms with E-state index in [1.54, 1.807) is 18.1 Å². The summed E-state index contributed by atoms with van der Waals surface area (Å²) in [6.45, 7) is 5.15. The Hall–Kier alpha value is -1.91. The monoisotopic (exact) mass is 289 g/mol. The molecule has 5 heteroatoms. The summed E-state index contributed by atoms with van der Waals surface area (Å²) in [5.41, 5.74) is 0.874. The van der Waals surface area contributed by atoms with Crippen LogP contribution in [0.4, 0.5) is 0 Å². The lowest BCUT2D eigenvalue weighted by molar-refractivity contribution is -0.146. The summed E-state index contributed by atoms with van der Waals surface area (Å²) in [6.07, 6.45) is 2.80. The highest BCUT2D eigenvalue weighted by Gasteiger charge is 2.32. The van der Waals surface area contributed by atoms with Crippen LogP contribution < -0.4 is 0 Å². The van der Waals surface area contributed by atoms with Gasteiger partial charge in [0.15, 0.2) is 0 Å². The maximum Gasteiger partial charge on any atom is 0.226 e. The first-order chi connectivity index (χ1) is 9.99. The van der Waals surface area contributed by atoms with Crippen molar-refractivity contribution in [1.29, 1.82) is 0 Å². The van der Waals surface area contributed by atoms with Gasteiger partial charge >= 0.3 is 0 Å². The van der Waals surface area contributed by atoms with Crippen molar-refractivity contribution >= 4 is 11.8 Å². The van der Waals surface area contributed by atoms with Gasteiger partial charge in [-0.2, -0.15) is 0 Å². The minimum absolute atomic E-state index is 0.0566. The summed E-state index contributed by atoms with van der Waals surface area (Å²) < 4.78 is 0. The van der Waals surface area contributed by atoms with E-state index in [0.29, 0.717) is 19.5 Å². The molecular weight excluding hydrogens is 266 g/mol. The Morgan fingerprint density at radius 2 is 2.24 bits per heavy atom. The van der Waals surface area contributed by atoms with Crippen LogP contribution in [0.1, 0.15) is 32.4 Å². The smallest absolute Gasteiger partial charge is 0.226 e. The Bertz CT molecular complexity index is 502. The van der Waals surface area contributed by atoms with E-state index in [4.69, 9.17) is 0 Å². The molecule has 1 unspecified atom stereocenters. The zero-order chi connectivity index (χ0) is 15.4. The Morgan fingerprint density at radius 1 is 1.48 bits per heavy atom. The summed E-state index contributed by atoms with van der Waals surface area (Å²) in [6, 6.07) is 5.79. The molecule has 0 aromatic carbocycles. The number of piperidine rings is 1. The largest absolute Gasteiger partial charge is 0.346 e. The molecule has 1 aliphatic rings. The van der Waals surface area contributed by atoms with Crippen LogP contribution in [-0.4, -0.2) is 46.2 Å². The Balaban J connectivity index is 2.07. The van der Waals surface area contributed by atoms with Crippen LogP contribution in [0.15, 0.2) is 24.4 Å². The number of carbonyl (C=O) groups is 2. The first kappa shape index (κ1) is 15.5. The molecule has 1 aromatic heterocycles. The van der Waals surface area contributed by atoms with Crippen molar-refractivity contribution in [2.45, 2.75) is 39.3 Å². The van der Waals surface area contributed by atoms with Crippen LogP contribution in [0.25, 0.3) is 0 Å². The SMILES string of the molecule is CC(C)N(Cc1ccccn1)C(=O)C1CCN(C)C(=O)C1. The zero-order valence-electron chi connectivity index (χ0n) is 13.0. The van der Waals surface area contributed by atoms with Crippen molar-refractivity contribution < 1.29 is 9.59 Å². The van der Waals surface area contributed by atoms with Crippen molar-refractivity contribution in [3.05, 3.63) is 30.1 Å². The van der Waals surface area contributed by atoms with Crippen LogP contribution in [0, 0.1) is 5.92 Å². The first-order valence-electron chi connectivity index (χ1n) is 7.43. The molecule has 0 aliphatic carbocycles. The van der Waals surface area contributed by atoms with Crippen LogP contribution in [0.5, 0.6) is 0 Å². The minimum atomic E-state index is -0.195. The maximum absolute atomic E-state index is 12.7. The molecule has 2 heterocycles. The van der Waals surface area contributed by atoms with Gasteiger partial charge in [0, 0.05) is 38.2 Å².